The molecule has 3 N–H and O–H groups in total. The lowest BCUT2D eigenvalue weighted by Crippen LogP contribution is -2.02. The van der Waals surface area contributed by atoms with Crippen LogP contribution in [0.4, 0.5) is 0 Å². The molecule has 0 bridgehead atoms. The first-order valence-electron chi connectivity index (χ1n) is 7.30. The fraction of sp³-hybridized carbons (Fsp3) is 0.167. The largest absolute Gasteiger partial charge is 0.507 e. The summed E-state index contributed by atoms with van der Waals surface area (Å²) in [6.07, 6.45) is 0.921. The zero-order valence-corrected chi connectivity index (χ0v) is 12.9. The number of fused-ring (bicyclic) bond motifs is 1. The normalized spacial score (nSPS) is 10.9. The van der Waals surface area contributed by atoms with Crippen molar-refractivity contribution < 1.29 is 19.7 Å². The number of aromatic nitrogens is 1. The first-order chi connectivity index (χ1) is 11.0. The number of aromatic hydroxyl groups is 2. The molecule has 0 aliphatic rings. The zero-order valence-electron chi connectivity index (χ0n) is 12.9. The molecule has 5 nitrogen and oxygen atoms in total. The molecule has 3 rings (SSSR count). The minimum atomic E-state index is -0.659. The van der Waals surface area contributed by atoms with Gasteiger partial charge in [0.15, 0.2) is 0 Å². The Hall–Kier alpha value is -2.95. The number of esters is 1. The van der Waals surface area contributed by atoms with Gasteiger partial charge >= 0.3 is 5.97 Å². The number of benzene rings is 2. The van der Waals surface area contributed by atoms with Gasteiger partial charge in [0.2, 0.25) is 0 Å². The summed E-state index contributed by atoms with van der Waals surface area (Å²) < 4.78 is 4.65. The van der Waals surface area contributed by atoms with Crippen LogP contribution < -0.4 is 0 Å². The quantitative estimate of drug-likeness (QED) is 0.645. The van der Waals surface area contributed by atoms with Gasteiger partial charge in [-0.15, -0.1) is 0 Å². The molecule has 0 aliphatic heterocycles. The number of rotatable bonds is 3. The number of carbonyl (C=O) groups is 1. The number of aromatic amines is 1. The summed E-state index contributed by atoms with van der Waals surface area (Å²) in [7, 11) is 1.24. The van der Waals surface area contributed by atoms with Crippen LogP contribution in [0.5, 0.6) is 11.5 Å². The number of carbonyl (C=O) groups excluding carboxylic acids is 1. The van der Waals surface area contributed by atoms with Crippen LogP contribution in [0.25, 0.3) is 22.2 Å². The highest BCUT2D eigenvalue weighted by atomic mass is 16.5. The molecule has 5 heteroatoms. The highest BCUT2D eigenvalue weighted by Gasteiger charge is 2.20. The van der Waals surface area contributed by atoms with Gasteiger partial charge in [-0.1, -0.05) is 13.0 Å². The van der Waals surface area contributed by atoms with Crippen LogP contribution in [-0.4, -0.2) is 28.3 Å². The Kier molecular flexibility index (Phi) is 3.70. The highest BCUT2D eigenvalue weighted by Crippen LogP contribution is 2.40. The number of H-pyrrole nitrogens is 1. The third kappa shape index (κ3) is 2.50. The zero-order chi connectivity index (χ0) is 16.6. The minimum Gasteiger partial charge on any atom is -0.507 e. The maximum Gasteiger partial charge on any atom is 0.341 e. The lowest BCUT2D eigenvalue weighted by molar-refractivity contribution is 0.0597. The molecule has 118 valence electrons. The molecule has 0 saturated heterocycles. The number of hydrogen-bond donors (Lipinski definition) is 3. The molecule has 0 unspecified atom stereocenters. The van der Waals surface area contributed by atoms with E-state index in [0.29, 0.717) is 5.69 Å². The summed E-state index contributed by atoms with van der Waals surface area (Å²) >= 11 is 0. The predicted octanol–water partition coefficient (Wildman–Crippen LogP) is 3.60. The van der Waals surface area contributed by atoms with Crippen molar-refractivity contribution in [3.05, 3.63) is 47.5 Å². The van der Waals surface area contributed by atoms with E-state index in [1.165, 1.54) is 24.8 Å². The number of hydrogen-bond acceptors (Lipinski definition) is 4. The van der Waals surface area contributed by atoms with Crippen LogP contribution in [0, 0.1) is 0 Å². The van der Waals surface area contributed by atoms with E-state index in [9.17, 15) is 15.0 Å². The number of phenolic OH excluding ortho intramolecular Hbond substituents is 2. The third-order valence-electron chi connectivity index (χ3n) is 3.92. The Morgan fingerprint density at radius 2 is 1.96 bits per heavy atom. The van der Waals surface area contributed by atoms with Crippen LogP contribution in [-0.2, 0) is 11.2 Å². The lowest BCUT2D eigenvalue weighted by Gasteiger charge is -2.09. The van der Waals surface area contributed by atoms with Gasteiger partial charge in [-0.2, -0.15) is 0 Å². The molecule has 0 spiro atoms. The van der Waals surface area contributed by atoms with E-state index >= 15 is 0 Å². The molecule has 1 heterocycles. The van der Waals surface area contributed by atoms with E-state index in [1.807, 2.05) is 24.3 Å². The highest BCUT2D eigenvalue weighted by molar-refractivity contribution is 5.97. The Morgan fingerprint density at radius 1 is 1.17 bits per heavy atom. The molecule has 23 heavy (non-hydrogen) atoms. The second-order valence-corrected chi connectivity index (χ2v) is 5.31. The van der Waals surface area contributed by atoms with Crippen molar-refractivity contribution in [3.8, 4) is 22.8 Å². The average molecular weight is 311 g/mol. The molecule has 0 saturated carbocycles. The SMILES string of the molecule is CCc1ccc2[nH]c(-c3c(O)ccc(C(=O)OC)c3O)cc2c1. The van der Waals surface area contributed by atoms with Crippen molar-refractivity contribution in [1.29, 1.82) is 0 Å². The number of ether oxygens (including phenoxy) is 1. The van der Waals surface area contributed by atoms with Crippen molar-refractivity contribution in [2.24, 2.45) is 0 Å². The van der Waals surface area contributed by atoms with E-state index in [4.69, 9.17) is 0 Å². The number of phenols is 2. The van der Waals surface area contributed by atoms with Crippen molar-refractivity contribution in [2.75, 3.05) is 7.11 Å². The topological polar surface area (TPSA) is 82.5 Å². The van der Waals surface area contributed by atoms with Crippen molar-refractivity contribution >= 4 is 16.9 Å². The third-order valence-corrected chi connectivity index (χ3v) is 3.92. The minimum absolute atomic E-state index is 0.00760. The molecule has 0 radical (unpaired) electrons. The van der Waals surface area contributed by atoms with Crippen LogP contribution in [0.1, 0.15) is 22.8 Å². The number of methoxy groups -OCH3 is 1. The molecule has 0 amide bonds. The second kappa shape index (κ2) is 5.68. The summed E-state index contributed by atoms with van der Waals surface area (Å²) in [6, 6.07) is 10.6. The standard InChI is InChI=1S/C18H17NO4/c1-3-10-4-6-13-11(8-10)9-14(19-13)16-15(20)7-5-12(17(16)21)18(22)23-2/h4-9,19-21H,3H2,1-2H3. The molecule has 0 fully saturated rings. The summed E-state index contributed by atoms with van der Waals surface area (Å²) in [4.78, 5) is 14.9. The lowest BCUT2D eigenvalue weighted by atomic mass is 10.0. The van der Waals surface area contributed by atoms with E-state index in [0.717, 1.165) is 17.3 Å². The van der Waals surface area contributed by atoms with Gasteiger partial charge in [0.1, 0.15) is 17.1 Å². The van der Waals surface area contributed by atoms with Crippen molar-refractivity contribution in [1.82, 2.24) is 4.98 Å². The smallest absolute Gasteiger partial charge is 0.341 e. The molecule has 2 aromatic carbocycles. The molecule has 1 aromatic heterocycles. The monoisotopic (exact) mass is 311 g/mol. The molecule has 0 atom stereocenters. The summed E-state index contributed by atoms with van der Waals surface area (Å²) in [5.41, 5.74) is 2.81. The first-order valence-corrected chi connectivity index (χ1v) is 7.30. The fourth-order valence-corrected chi connectivity index (χ4v) is 2.66. The molecular weight excluding hydrogens is 294 g/mol. The summed E-state index contributed by atoms with van der Waals surface area (Å²) in [6.45, 7) is 2.08. The van der Waals surface area contributed by atoms with Gasteiger partial charge in [0.05, 0.1) is 18.4 Å². The Morgan fingerprint density at radius 3 is 2.65 bits per heavy atom. The molecule has 0 aliphatic carbocycles. The van der Waals surface area contributed by atoms with Crippen LogP contribution in [0.3, 0.4) is 0 Å². The first kappa shape index (κ1) is 15.0. The van der Waals surface area contributed by atoms with Gasteiger partial charge in [0, 0.05) is 10.9 Å². The molecule has 3 aromatic rings. The van der Waals surface area contributed by atoms with Gasteiger partial charge in [-0.25, -0.2) is 4.79 Å². The van der Waals surface area contributed by atoms with Gasteiger partial charge in [0.25, 0.3) is 0 Å². The van der Waals surface area contributed by atoms with E-state index in [1.54, 1.807) is 0 Å². The number of nitrogens with one attached hydrogen (secondary N) is 1. The van der Waals surface area contributed by atoms with Crippen LogP contribution in [0.15, 0.2) is 36.4 Å². The van der Waals surface area contributed by atoms with Gasteiger partial charge in [-0.3, -0.25) is 0 Å². The Labute approximate surface area is 133 Å². The van der Waals surface area contributed by atoms with Gasteiger partial charge < -0.3 is 19.9 Å². The number of aryl methyl sites for hydroxylation is 1. The summed E-state index contributed by atoms with van der Waals surface area (Å²) in [5.74, 6) is -1.08. The van der Waals surface area contributed by atoms with Crippen molar-refractivity contribution in [3.63, 3.8) is 0 Å². The predicted molar refractivity (Wildman–Crippen MR) is 87.8 cm³/mol. The Bertz CT molecular complexity index is 895. The maximum atomic E-state index is 11.7. The van der Waals surface area contributed by atoms with Gasteiger partial charge in [-0.05, 0) is 42.3 Å². The summed E-state index contributed by atoms with van der Waals surface area (Å²) in [5, 5.41) is 21.5. The second-order valence-electron chi connectivity index (χ2n) is 5.31. The van der Waals surface area contributed by atoms with E-state index < -0.39 is 5.97 Å². The maximum absolute atomic E-state index is 11.7. The van der Waals surface area contributed by atoms with Crippen molar-refractivity contribution in [2.45, 2.75) is 13.3 Å². The van der Waals surface area contributed by atoms with E-state index in [-0.39, 0.29) is 22.6 Å². The van der Waals surface area contributed by atoms with Crippen LogP contribution >= 0.6 is 0 Å². The van der Waals surface area contributed by atoms with E-state index in [2.05, 4.69) is 16.6 Å². The molecular formula is C18H17NO4. The fourth-order valence-electron chi connectivity index (χ4n) is 2.66. The average Bonchev–Trinajstić information content (AvgIpc) is 2.96. The Balaban J connectivity index is 2.19. The van der Waals surface area contributed by atoms with Crippen LogP contribution in [0.2, 0.25) is 0 Å².